The molecule has 0 radical (unpaired) electrons. The highest BCUT2D eigenvalue weighted by atomic mass is 16.6. The van der Waals surface area contributed by atoms with Crippen molar-refractivity contribution in [2.45, 2.75) is 121 Å². The molecule has 0 aromatic heterocycles. The Hall–Kier alpha value is -3.10. The molecule has 2 N–H and O–H groups in total. The second-order valence-corrected chi connectivity index (χ2v) is 14.4. The Kier molecular flexibility index (Phi) is 8.44. The van der Waals surface area contributed by atoms with Crippen molar-refractivity contribution in [3.63, 3.8) is 0 Å². The van der Waals surface area contributed by atoms with Gasteiger partial charge in [0.1, 0.15) is 11.6 Å². The van der Waals surface area contributed by atoms with Crippen LogP contribution in [0.5, 0.6) is 0 Å². The van der Waals surface area contributed by atoms with E-state index in [-0.39, 0.29) is 41.6 Å². The maximum absolute atomic E-state index is 14.5. The third-order valence-corrected chi connectivity index (χ3v) is 10.2. The van der Waals surface area contributed by atoms with Gasteiger partial charge in [0.25, 0.3) is 0 Å². The predicted octanol–water partition coefficient (Wildman–Crippen LogP) is 4.49. The second-order valence-electron chi connectivity index (χ2n) is 14.4. The van der Waals surface area contributed by atoms with E-state index in [1.54, 1.807) is 0 Å². The summed E-state index contributed by atoms with van der Waals surface area (Å²) in [5.74, 6) is -0.561. The average Bonchev–Trinajstić information content (AvgIpc) is 3.64. The van der Waals surface area contributed by atoms with Gasteiger partial charge in [0.2, 0.25) is 17.7 Å². The number of hydrogen-bond acceptors (Lipinski definition) is 5. The number of rotatable bonds is 6. The van der Waals surface area contributed by atoms with E-state index in [9.17, 15) is 19.2 Å². The Morgan fingerprint density at radius 1 is 0.907 bits per heavy atom. The zero-order valence-corrected chi connectivity index (χ0v) is 26.0. The van der Waals surface area contributed by atoms with Crippen LogP contribution in [0.3, 0.4) is 0 Å². The Bertz CT molecular complexity index is 1230. The molecule has 2 aliphatic heterocycles. The highest BCUT2D eigenvalue weighted by molar-refractivity contribution is 5.90. The van der Waals surface area contributed by atoms with Crippen molar-refractivity contribution in [1.29, 1.82) is 0 Å². The van der Waals surface area contributed by atoms with Crippen molar-refractivity contribution in [2.75, 3.05) is 13.1 Å². The number of carbonyl (C=O) groups excluding carboxylic acids is 4. The number of alkyl carbamates (subject to hydrolysis) is 1. The predicted molar refractivity (Wildman–Crippen MR) is 162 cm³/mol. The molecule has 234 valence electrons. The van der Waals surface area contributed by atoms with Crippen molar-refractivity contribution in [3.8, 4) is 0 Å². The van der Waals surface area contributed by atoms with E-state index in [1.807, 2.05) is 42.7 Å². The van der Waals surface area contributed by atoms with Gasteiger partial charge in [0.05, 0.1) is 24.0 Å². The van der Waals surface area contributed by atoms with E-state index in [0.29, 0.717) is 19.5 Å². The Balaban J connectivity index is 1.25. The maximum atomic E-state index is 14.5. The minimum Gasteiger partial charge on any atom is -0.444 e. The van der Waals surface area contributed by atoms with Crippen LogP contribution in [0.25, 0.3) is 0 Å². The lowest BCUT2D eigenvalue weighted by Gasteiger charge is -2.36. The number of nitrogens with zero attached hydrogens (tertiary/aromatic N) is 2. The molecule has 5 atom stereocenters. The molecule has 2 heterocycles. The highest BCUT2D eigenvalue weighted by Crippen LogP contribution is 2.42. The van der Waals surface area contributed by atoms with Crippen LogP contribution in [0, 0.1) is 17.8 Å². The average molecular weight is 593 g/mol. The molecule has 1 aromatic rings. The topological polar surface area (TPSA) is 108 Å². The third-order valence-electron chi connectivity index (χ3n) is 10.2. The lowest BCUT2D eigenvalue weighted by molar-refractivity contribution is -0.138. The molecule has 3 aliphatic carbocycles. The summed E-state index contributed by atoms with van der Waals surface area (Å²) in [7, 11) is 0. The molecule has 2 saturated heterocycles. The summed E-state index contributed by atoms with van der Waals surface area (Å²) >= 11 is 0. The quantitative estimate of drug-likeness (QED) is 0.506. The Labute approximate surface area is 255 Å². The van der Waals surface area contributed by atoms with E-state index in [4.69, 9.17) is 4.74 Å². The van der Waals surface area contributed by atoms with E-state index in [0.717, 1.165) is 64.2 Å². The van der Waals surface area contributed by atoms with E-state index in [1.165, 1.54) is 11.1 Å². The fourth-order valence-corrected chi connectivity index (χ4v) is 8.04. The Morgan fingerprint density at radius 3 is 2.37 bits per heavy atom. The largest absolute Gasteiger partial charge is 0.444 e. The van der Waals surface area contributed by atoms with Crippen LogP contribution in [0.2, 0.25) is 0 Å². The molecule has 0 bridgehead atoms. The van der Waals surface area contributed by atoms with Crippen LogP contribution >= 0.6 is 0 Å². The second kappa shape index (κ2) is 12.1. The first-order valence-electron chi connectivity index (χ1n) is 16.6. The standard InChI is InChI=1S/C34H48N4O5/c1-34(2,3)43-33(42)36-28(22-11-5-4-6-12-22)32(41)37-19-18-27-29(37)25(20-38(27)31(40)23-16-17-23)30(39)35-26-15-9-13-21-10-7-8-14-24(21)26/h7-8,10,14,22-23,25-29H,4-6,9,11-13,15-20H2,1-3H3,(H,35,39)(H,36,42). The monoisotopic (exact) mass is 592 g/mol. The van der Waals surface area contributed by atoms with Gasteiger partial charge in [-0.05, 0) is 89.2 Å². The van der Waals surface area contributed by atoms with Gasteiger partial charge in [-0.15, -0.1) is 0 Å². The zero-order chi connectivity index (χ0) is 30.3. The van der Waals surface area contributed by atoms with Crippen molar-refractivity contribution in [2.24, 2.45) is 17.8 Å². The highest BCUT2D eigenvalue weighted by Gasteiger charge is 2.56. The summed E-state index contributed by atoms with van der Waals surface area (Å²) < 4.78 is 5.58. The van der Waals surface area contributed by atoms with E-state index >= 15 is 0 Å². The third kappa shape index (κ3) is 6.41. The fraction of sp³-hybridized carbons (Fsp3) is 0.706. The molecule has 4 amide bonds. The van der Waals surface area contributed by atoms with Gasteiger partial charge in [-0.3, -0.25) is 14.4 Å². The number of fused-ring (bicyclic) bond motifs is 2. The number of benzene rings is 1. The van der Waals surface area contributed by atoms with Crippen LogP contribution in [-0.4, -0.2) is 70.4 Å². The molecule has 0 spiro atoms. The number of amides is 4. The van der Waals surface area contributed by atoms with Crippen molar-refractivity contribution in [3.05, 3.63) is 35.4 Å². The van der Waals surface area contributed by atoms with Crippen LogP contribution in [0.1, 0.15) is 102 Å². The molecule has 43 heavy (non-hydrogen) atoms. The van der Waals surface area contributed by atoms with Gasteiger partial charge in [-0.1, -0.05) is 43.5 Å². The van der Waals surface area contributed by atoms with Gasteiger partial charge in [-0.25, -0.2) is 4.79 Å². The fourth-order valence-electron chi connectivity index (χ4n) is 8.04. The summed E-state index contributed by atoms with van der Waals surface area (Å²) in [6.07, 6.45) is 9.65. The number of aryl methyl sites for hydroxylation is 1. The number of nitrogens with one attached hydrogen (secondary N) is 2. The number of carbonyl (C=O) groups is 4. The van der Waals surface area contributed by atoms with Gasteiger partial charge in [-0.2, -0.15) is 0 Å². The smallest absolute Gasteiger partial charge is 0.408 e. The molecule has 4 fully saturated rings. The van der Waals surface area contributed by atoms with Crippen molar-refractivity contribution in [1.82, 2.24) is 20.4 Å². The molecule has 6 rings (SSSR count). The lowest BCUT2D eigenvalue weighted by Crippen LogP contribution is -2.57. The van der Waals surface area contributed by atoms with Gasteiger partial charge in [0, 0.05) is 19.0 Å². The first-order chi connectivity index (χ1) is 20.6. The van der Waals surface area contributed by atoms with Crippen LogP contribution in [0.15, 0.2) is 24.3 Å². The summed E-state index contributed by atoms with van der Waals surface area (Å²) in [6.45, 7) is 6.24. The van der Waals surface area contributed by atoms with Gasteiger partial charge >= 0.3 is 6.09 Å². The lowest BCUT2D eigenvalue weighted by atomic mass is 9.83. The molecule has 9 heteroatoms. The number of ether oxygens (including phenoxy) is 1. The first kappa shape index (κ1) is 29.9. The number of hydrogen-bond donors (Lipinski definition) is 2. The molecular weight excluding hydrogens is 544 g/mol. The number of likely N-dealkylation sites (tertiary alicyclic amines) is 2. The summed E-state index contributed by atoms with van der Waals surface area (Å²) in [5.41, 5.74) is 1.76. The Morgan fingerprint density at radius 2 is 1.65 bits per heavy atom. The van der Waals surface area contributed by atoms with Crippen molar-refractivity contribution >= 4 is 23.8 Å². The molecular formula is C34H48N4O5. The summed E-state index contributed by atoms with van der Waals surface area (Å²) in [4.78, 5) is 58.7. The van der Waals surface area contributed by atoms with Crippen molar-refractivity contribution < 1.29 is 23.9 Å². The van der Waals surface area contributed by atoms with Gasteiger partial charge in [0.15, 0.2) is 0 Å². The molecule has 5 aliphatic rings. The minimum atomic E-state index is -0.712. The molecule has 5 unspecified atom stereocenters. The first-order valence-corrected chi connectivity index (χ1v) is 16.6. The van der Waals surface area contributed by atoms with E-state index < -0.39 is 29.7 Å². The molecule has 9 nitrogen and oxygen atoms in total. The SMILES string of the molecule is CC(C)(C)OC(=O)NC(C(=O)N1CCC2C1C(C(=O)NC1CCCc3ccccc31)CN2C(=O)C1CC1)C1CCCCC1. The molecule has 2 saturated carbocycles. The molecule has 1 aromatic carbocycles. The van der Waals surface area contributed by atoms with Crippen LogP contribution in [0.4, 0.5) is 4.79 Å². The minimum absolute atomic E-state index is 0.0180. The summed E-state index contributed by atoms with van der Waals surface area (Å²) in [6, 6.07) is 6.93. The van der Waals surface area contributed by atoms with Gasteiger partial charge < -0.3 is 25.2 Å². The van der Waals surface area contributed by atoms with Crippen LogP contribution in [-0.2, 0) is 25.5 Å². The normalized spacial score (nSPS) is 28.1. The van der Waals surface area contributed by atoms with Crippen LogP contribution < -0.4 is 10.6 Å². The summed E-state index contributed by atoms with van der Waals surface area (Å²) in [5, 5.41) is 6.29. The maximum Gasteiger partial charge on any atom is 0.408 e. The zero-order valence-electron chi connectivity index (χ0n) is 26.0. The van der Waals surface area contributed by atoms with E-state index in [2.05, 4.69) is 22.8 Å².